The highest BCUT2D eigenvalue weighted by atomic mass is 79.9. The van der Waals surface area contributed by atoms with E-state index in [2.05, 4.69) is 15.9 Å². The molecule has 0 radical (unpaired) electrons. The van der Waals surface area contributed by atoms with E-state index in [1.54, 1.807) is 4.90 Å². The topological polar surface area (TPSA) is 37.4 Å². The molecule has 0 aliphatic carbocycles. The minimum Gasteiger partial charge on any atom is -0.332 e. The van der Waals surface area contributed by atoms with Crippen LogP contribution >= 0.6 is 15.9 Å². The van der Waals surface area contributed by atoms with Crippen LogP contribution in [0.1, 0.15) is 12.8 Å². The maximum atomic E-state index is 11.1. The Hall–Kier alpha value is -0.380. The minimum atomic E-state index is -0.167. The number of amides is 1. The molecule has 1 amide bonds. The van der Waals surface area contributed by atoms with Gasteiger partial charge in [0.25, 0.3) is 0 Å². The van der Waals surface area contributed by atoms with Crippen LogP contribution in [0.4, 0.5) is 0 Å². The van der Waals surface area contributed by atoms with Gasteiger partial charge in [0, 0.05) is 6.54 Å². The van der Waals surface area contributed by atoms with E-state index in [1.807, 2.05) is 0 Å². The Morgan fingerprint density at radius 3 is 3.00 bits per heavy atom. The van der Waals surface area contributed by atoms with Gasteiger partial charge in [-0.05, 0) is 12.8 Å². The number of likely N-dealkylation sites (tertiary alicyclic amines) is 1. The highest BCUT2D eigenvalue weighted by Gasteiger charge is 2.26. The molecule has 1 aliphatic heterocycles. The Morgan fingerprint density at radius 2 is 2.45 bits per heavy atom. The SMILES string of the molecule is O=C[C@@H]1CCCN1C(=O)CBr. The molecule has 0 spiro atoms. The van der Waals surface area contributed by atoms with Crippen molar-refractivity contribution in [3.63, 3.8) is 0 Å². The number of aldehydes is 1. The molecule has 1 rings (SSSR count). The summed E-state index contributed by atoms with van der Waals surface area (Å²) >= 11 is 3.07. The molecular formula is C7H10BrNO2. The van der Waals surface area contributed by atoms with Crippen LogP contribution < -0.4 is 0 Å². The maximum absolute atomic E-state index is 11.1. The van der Waals surface area contributed by atoms with Crippen molar-refractivity contribution in [2.75, 3.05) is 11.9 Å². The largest absolute Gasteiger partial charge is 0.332 e. The summed E-state index contributed by atoms with van der Waals surface area (Å²) in [6.07, 6.45) is 2.62. The van der Waals surface area contributed by atoms with E-state index in [0.29, 0.717) is 5.33 Å². The third-order valence-corrected chi connectivity index (χ3v) is 2.37. The molecule has 3 nitrogen and oxygen atoms in total. The second kappa shape index (κ2) is 3.85. The van der Waals surface area contributed by atoms with Gasteiger partial charge in [-0.25, -0.2) is 0 Å². The zero-order valence-corrected chi connectivity index (χ0v) is 7.71. The maximum Gasteiger partial charge on any atom is 0.233 e. The van der Waals surface area contributed by atoms with Gasteiger partial charge in [0.15, 0.2) is 0 Å². The van der Waals surface area contributed by atoms with E-state index in [1.165, 1.54) is 0 Å². The van der Waals surface area contributed by atoms with Gasteiger partial charge in [0.1, 0.15) is 6.29 Å². The Bertz CT molecular complexity index is 172. The van der Waals surface area contributed by atoms with Crippen LogP contribution in [-0.4, -0.2) is 35.0 Å². The first-order chi connectivity index (χ1) is 5.29. The van der Waals surface area contributed by atoms with E-state index >= 15 is 0 Å². The quantitative estimate of drug-likeness (QED) is 0.504. The van der Waals surface area contributed by atoms with Gasteiger partial charge >= 0.3 is 0 Å². The Morgan fingerprint density at radius 1 is 1.73 bits per heavy atom. The van der Waals surface area contributed by atoms with Gasteiger partial charge in [-0.15, -0.1) is 0 Å². The lowest BCUT2D eigenvalue weighted by atomic mass is 10.2. The molecule has 0 aromatic carbocycles. The minimum absolute atomic E-state index is 0.0135. The standard InChI is InChI=1S/C7H10BrNO2/c8-4-7(11)9-3-1-2-6(9)5-10/h5-6H,1-4H2/t6-/m0/s1. The molecule has 0 aromatic rings. The first kappa shape index (κ1) is 8.71. The van der Waals surface area contributed by atoms with Gasteiger partial charge in [0.05, 0.1) is 11.4 Å². The normalized spacial score (nSPS) is 23.7. The molecule has 62 valence electrons. The van der Waals surface area contributed by atoms with E-state index < -0.39 is 0 Å². The van der Waals surface area contributed by atoms with E-state index in [0.717, 1.165) is 25.7 Å². The fourth-order valence-electron chi connectivity index (χ4n) is 1.32. The highest BCUT2D eigenvalue weighted by Crippen LogP contribution is 2.15. The van der Waals surface area contributed by atoms with Gasteiger partial charge in [0.2, 0.25) is 5.91 Å². The van der Waals surface area contributed by atoms with Crippen LogP contribution in [-0.2, 0) is 9.59 Å². The lowest BCUT2D eigenvalue weighted by Gasteiger charge is -2.18. The molecular weight excluding hydrogens is 210 g/mol. The van der Waals surface area contributed by atoms with Crippen molar-refractivity contribution in [1.29, 1.82) is 0 Å². The molecule has 1 saturated heterocycles. The number of alkyl halides is 1. The summed E-state index contributed by atoms with van der Waals surface area (Å²) in [5.41, 5.74) is 0. The van der Waals surface area contributed by atoms with Gasteiger partial charge in [-0.3, -0.25) is 4.79 Å². The average Bonchev–Trinajstić information content (AvgIpc) is 2.50. The van der Waals surface area contributed by atoms with Gasteiger partial charge < -0.3 is 9.69 Å². The Balaban J connectivity index is 2.56. The average molecular weight is 220 g/mol. The van der Waals surface area contributed by atoms with Crippen LogP contribution in [0.5, 0.6) is 0 Å². The molecule has 1 heterocycles. The molecule has 0 aromatic heterocycles. The summed E-state index contributed by atoms with van der Waals surface area (Å²) < 4.78 is 0. The van der Waals surface area contributed by atoms with Crippen molar-refractivity contribution in [3.8, 4) is 0 Å². The van der Waals surface area contributed by atoms with E-state index in [-0.39, 0.29) is 11.9 Å². The summed E-state index contributed by atoms with van der Waals surface area (Å²) in [4.78, 5) is 23.2. The second-order valence-electron chi connectivity index (χ2n) is 2.57. The Labute approximate surface area is 73.9 Å². The van der Waals surface area contributed by atoms with Crippen LogP contribution in [0.15, 0.2) is 0 Å². The monoisotopic (exact) mass is 219 g/mol. The fraction of sp³-hybridized carbons (Fsp3) is 0.714. The third kappa shape index (κ3) is 1.80. The first-order valence-electron chi connectivity index (χ1n) is 3.60. The van der Waals surface area contributed by atoms with Crippen molar-refractivity contribution < 1.29 is 9.59 Å². The smallest absolute Gasteiger partial charge is 0.233 e. The van der Waals surface area contributed by atoms with Crippen molar-refractivity contribution in [2.45, 2.75) is 18.9 Å². The number of nitrogens with zero attached hydrogens (tertiary/aromatic N) is 1. The summed E-state index contributed by atoms with van der Waals surface area (Å²) in [6, 6.07) is -0.167. The summed E-state index contributed by atoms with van der Waals surface area (Å²) in [5.74, 6) is 0.0135. The van der Waals surface area contributed by atoms with Crippen LogP contribution in [0.3, 0.4) is 0 Å². The zero-order chi connectivity index (χ0) is 8.27. The zero-order valence-electron chi connectivity index (χ0n) is 6.12. The molecule has 0 unspecified atom stereocenters. The van der Waals surface area contributed by atoms with Crippen LogP contribution in [0, 0.1) is 0 Å². The fourth-order valence-corrected chi connectivity index (χ4v) is 1.64. The van der Waals surface area contributed by atoms with Crippen LogP contribution in [0.2, 0.25) is 0 Å². The highest BCUT2D eigenvalue weighted by molar-refractivity contribution is 9.09. The number of rotatable bonds is 2. The third-order valence-electron chi connectivity index (χ3n) is 1.89. The van der Waals surface area contributed by atoms with Crippen molar-refractivity contribution >= 4 is 28.1 Å². The number of hydrogen-bond acceptors (Lipinski definition) is 2. The summed E-state index contributed by atoms with van der Waals surface area (Å²) in [7, 11) is 0. The molecule has 0 bridgehead atoms. The Kier molecular flexibility index (Phi) is 3.05. The van der Waals surface area contributed by atoms with Crippen molar-refractivity contribution in [3.05, 3.63) is 0 Å². The van der Waals surface area contributed by atoms with Crippen molar-refractivity contribution in [1.82, 2.24) is 4.90 Å². The number of hydrogen-bond donors (Lipinski definition) is 0. The number of halogens is 1. The molecule has 11 heavy (non-hydrogen) atoms. The lowest BCUT2D eigenvalue weighted by molar-refractivity contribution is -0.131. The lowest BCUT2D eigenvalue weighted by Crippen LogP contribution is -2.36. The number of carbonyl (C=O) groups is 2. The molecule has 0 saturated carbocycles. The summed E-state index contributed by atoms with van der Waals surface area (Å²) in [5, 5.41) is 0.317. The first-order valence-corrected chi connectivity index (χ1v) is 4.72. The number of carbonyl (C=O) groups excluding carboxylic acids is 2. The second-order valence-corrected chi connectivity index (χ2v) is 3.13. The summed E-state index contributed by atoms with van der Waals surface area (Å²) in [6.45, 7) is 0.730. The van der Waals surface area contributed by atoms with Gasteiger partial charge in [-0.2, -0.15) is 0 Å². The van der Waals surface area contributed by atoms with Gasteiger partial charge in [-0.1, -0.05) is 15.9 Å². The molecule has 1 fully saturated rings. The van der Waals surface area contributed by atoms with E-state index in [4.69, 9.17) is 0 Å². The molecule has 4 heteroatoms. The van der Waals surface area contributed by atoms with Crippen LogP contribution in [0.25, 0.3) is 0 Å². The predicted molar refractivity (Wildman–Crippen MR) is 44.6 cm³/mol. The van der Waals surface area contributed by atoms with Crippen molar-refractivity contribution in [2.24, 2.45) is 0 Å². The molecule has 1 atom stereocenters. The molecule has 1 aliphatic rings. The predicted octanol–water partition coefficient (Wildman–Crippen LogP) is 0.571. The molecule has 0 N–H and O–H groups in total. The van der Waals surface area contributed by atoms with E-state index in [9.17, 15) is 9.59 Å².